The highest BCUT2D eigenvalue weighted by atomic mass is 16.3. The molecule has 0 aliphatic rings. The normalized spacial score (nSPS) is 9.92. The number of rotatable bonds is 9. The van der Waals surface area contributed by atoms with Crippen molar-refractivity contribution in [1.82, 2.24) is 4.90 Å². The van der Waals surface area contributed by atoms with E-state index in [1.807, 2.05) is 0 Å². The first-order valence-corrected chi connectivity index (χ1v) is 3.95. The summed E-state index contributed by atoms with van der Waals surface area (Å²) in [7, 11) is 0. The van der Waals surface area contributed by atoms with E-state index >= 15 is 0 Å². The van der Waals surface area contributed by atoms with Gasteiger partial charge in [0.15, 0.2) is 0 Å². The number of hydrogen-bond donors (Lipinski definition) is 0. The summed E-state index contributed by atoms with van der Waals surface area (Å²) in [5.41, 5.74) is 0. The molecule has 0 N–H and O–H groups in total. The van der Waals surface area contributed by atoms with E-state index in [0.717, 1.165) is 0 Å². The van der Waals surface area contributed by atoms with Gasteiger partial charge in [0.25, 0.3) is 0 Å². The van der Waals surface area contributed by atoms with E-state index in [-0.39, 0.29) is 19.6 Å². The molecule has 0 heterocycles. The molecule has 0 rings (SSSR count). The predicted octanol–water partition coefficient (Wildman–Crippen LogP) is 0.588. The Morgan fingerprint density at radius 1 is 0.692 bits per heavy atom. The van der Waals surface area contributed by atoms with E-state index < -0.39 is 0 Å². The van der Waals surface area contributed by atoms with Crippen LogP contribution >= 0.6 is 0 Å². The summed E-state index contributed by atoms with van der Waals surface area (Å²) in [4.78, 5) is 31.2. The van der Waals surface area contributed by atoms with Gasteiger partial charge in [0, 0.05) is 19.6 Å². The second-order valence-corrected chi connectivity index (χ2v) is 2.40. The van der Waals surface area contributed by atoms with Gasteiger partial charge in [-0.15, -0.1) is 0 Å². The van der Waals surface area contributed by atoms with Gasteiger partial charge in [-0.3, -0.25) is 4.90 Å². The highest BCUT2D eigenvalue weighted by molar-refractivity contribution is 4.62. The molecule has 0 aliphatic carbocycles. The Kier molecular flexibility index (Phi) is 8.01. The average molecular weight is 188 g/mol. The first kappa shape index (κ1) is 11.8. The lowest BCUT2D eigenvalue weighted by atomic mass is 10.4. The van der Waals surface area contributed by atoms with E-state index in [0.29, 0.717) is 19.6 Å². The minimum absolute atomic E-state index is 0.151. The molecular weight excluding hydrogens is 176 g/mol. The minimum atomic E-state index is 0.151. The lowest BCUT2D eigenvalue weighted by Crippen LogP contribution is -2.31. The first-order valence-electron chi connectivity index (χ1n) is 3.95. The van der Waals surface area contributed by atoms with E-state index in [1.165, 1.54) is 0 Å². The van der Waals surface area contributed by atoms with Crippen LogP contribution in [-0.2, 0) is 0 Å². The average Bonchev–Trinajstić information content (AvgIpc) is 2.17. The lowest BCUT2D eigenvalue weighted by molar-refractivity contribution is 0.297. The van der Waals surface area contributed by atoms with Gasteiger partial charge in [-0.25, -0.2) is 0 Å². The molecule has 0 amide bonds. The molecule has 0 unspecified atom stereocenters. The molecular formula is C6H12N4O3. The Morgan fingerprint density at radius 3 is 1.23 bits per heavy atom. The van der Waals surface area contributed by atoms with Crippen LogP contribution in [0.15, 0.2) is 15.5 Å². The molecule has 0 aromatic rings. The van der Waals surface area contributed by atoms with E-state index in [9.17, 15) is 14.7 Å². The second-order valence-electron chi connectivity index (χ2n) is 2.40. The Balaban J connectivity index is 3.64. The van der Waals surface area contributed by atoms with Gasteiger partial charge in [0.2, 0.25) is 0 Å². The van der Waals surface area contributed by atoms with Crippen molar-refractivity contribution in [1.29, 1.82) is 0 Å². The van der Waals surface area contributed by atoms with Gasteiger partial charge in [-0.1, -0.05) is 15.5 Å². The summed E-state index contributed by atoms with van der Waals surface area (Å²) >= 11 is 0. The van der Waals surface area contributed by atoms with Crippen LogP contribution in [0, 0.1) is 14.7 Å². The second kappa shape index (κ2) is 8.85. The maximum atomic E-state index is 9.81. The monoisotopic (exact) mass is 188 g/mol. The van der Waals surface area contributed by atoms with Crippen LogP contribution in [0.5, 0.6) is 0 Å². The summed E-state index contributed by atoms with van der Waals surface area (Å²) in [6, 6.07) is 0. The van der Waals surface area contributed by atoms with Crippen molar-refractivity contribution < 1.29 is 0 Å². The zero-order chi connectivity index (χ0) is 9.94. The fourth-order valence-corrected chi connectivity index (χ4v) is 0.882. The molecule has 0 aromatic heterocycles. The largest absolute Gasteiger partial charge is 0.297 e. The summed E-state index contributed by atoms with van der Waals surface area (Å²) in [5, 5.41) is 8.05. The third-order valence-electron chi connectivity index (χ3n) is 1.52. The van der Waals surface area contributed by atoms with Gasteiger partial charge in [0.05, 0.1) is 19.6 Å². The zero-order valence-electron chi connectivity index (χ0n) is 7.26. The van der Waals surface area contributed by atoms with Gasteiger partial charge in [-0.05, 0) is 0 Å². The summed E-state index contributed by atoms with van der Waals surface area (Å²) in [6.45, 7) is 1.77. The Bertz CT molecular complexity index is 135. The SMILES string of the molecule is O=NCCN(CCN=O)CCN=O. The first-order chi connectivity index (χ1) is 6.35. The van der Waals surface area contributed by atoms with Crippen molar-refractivity contribution in [3.05, 3.63) is 14.7 Å². The molecule has 74 valence electrons. The van der Waals surface area contributed by atoms with Crippen LogP contribution in [0.1, 0.15) is 0 Å². The fourth-order valence-electron chi connectivity index (χ4n) is 0.882. The number of hydrogen-bond acceptors (Lipinski definition) is 7. The number of nitrogens with zero attached hydrogens (tertiary/aromatic N) is 4. The minimum Gasteiger partial charge on any atom is -0.297 e. The maximum absolute atomic E-state index is 9.81. The van der Waals surface area contributed by atoms with Gasteiger partial charge in [0.1, 0.15) is 0 Å². The van der Waals surface area contributed by atoms with Crippen LogP contribution in [0.25, 0.3) is 0 Å². The lowest BCUT2D eigenvalue weighted by Gasteiger charge is -2.16. The molecule has 0 aliphatic heterocycles. The highest BCUT2D eigenvalue weighted by Crippen LogP contribution is 1.89. The maximum Gasteiger partial charge on any atom is 0.0938 e. The molecule has 0 fully saturated rings. The number of nitroso groups, excluding NO2 is 3. The fraction of sp³-hybridized carbons (Fsp3) is 1.00. The third-order valence-corrected chi connectivity index (χ3v) is 1.52. The van der Waals surface area contributed by atoms with Crippen molar-refractivity contribution in [2.45, 2.75) is 0 Å². The standard InChI is InChI=1S/C6H12N4O3/c11-7-1-4-10(5-2-8-12)6-3-9-13/h1-6H2. The van der Waals surface area contributed by atoms with Crippen molar-refractivity contribution in [3.8, 4) is 0 Å². The van der Waals surface area contributed by atoms with Crippen molar-refractivity contribution in [2.75, 3.05) is 39.3 Å². The Labute approximate surface area is 75.4 Å². The molecule has 0 saturated carbocycles. The van der Waals surface area contributed by atoms with Gasteiger partial charge >= 0.3 is 0 Å². The van der Waals surface area contributed by atoms with E-state index in [1.54, 1.807) is 4.90 Å². The molecule has 0 radical (unpaired) electrons. The smallest absolute Gasteiger partial charge is 0.0938 e. The summed E-state index contributed by atoms with van der Waals surface area (Å²) in [6.07, 6.45) is 0. The summed E-state index contributed by atoms with van der Waals surface area (Å²) < 4.78 is 0. The van der Waals surface area contributed by atoms with Crippen molar-refractivity contribution >= 4 is 0 Å². The van der Waals surface area contributed by atoms with Crippen LogP contribution in [0.2, 0.25) is 0 Å². The molecule has 13 heavy (non-hydrogen) atoms. The molecule has 0 aromatic carbocycles. The van der Waals surface area contributed by atoms with Gasteiger partial charge in [-0.2, -0.15) is 14.7 Å². The van der Waals surface area contributed by atoms with Crippen LogP contribution in [-0.4, -0.2) is 44.2 Å². The van der Waals surface area contributed by atoms with Crippen LogP contribution in [0.3, 0.4) is 0 Å². The molecule has 0 atom stereocenters. The zero-order valence-corrected chi connectivity index (χ0v) is 7.26. The molecule has 7 nitrogen and oxygen atoms in total. The Hall–Kier alpha value is -1.24. The van der Waals surface area contributed by atoms with Crippen LogP contribution < -0.4 is 0 Å². The topological polar surface area (TPSA) is 91.5 Å². The summed E-state index contributed by atoms with van der Waals surface area (Å²) in [5.74, 6) is 0. The third kappa shape index (κ3) is 7.13. The van der Waals surface area contributed by atoms with Crippen molar-refractivity contribution in [2.24, 2.45) is 15.5 Å². The highest BCUT2D eigenvalue weighted by Gasteiger charge is 2.03. The Morgan fingerprint density at radius 2 is 1.00 bits per heavy atom. The molecule has 0 bridgehead atoms. The molecule has 0 saturated heterocycles. The van der Waals surface area contributed by atoms with E-state index in [2.05, 4.69) is 15.5 Å². The van der Waals surface area contributed by atoms with Crippen molar-refractivity contribution in [3.63, 3.8) is 0 Å². The molecule has 7 heteroatoms. The van der Waals surface area contributed by atoms with Gasteiger partial charge < -0.3 is 0 Å². The van der Waals surface area contributed by atoms with E-state index in [4.69, 9.17) is 0 Å². The predicted molar refractivity (Wildman–Crippen MR) is 48.4 cm³/mol. The molecule has 0 spiro atoms. The van der Waals surface area contributed by atoms with Crippen LogP contribution in [0.4, 0.5) is 0 Å². The quantitative estimate of drug-likeness (QED) is 0.495.